The Labute approximate surface area is 75.6 Å². The van der Waals surface area contributed by atoms with Crippen LogP contribution in [0.15, 0.2) is 0 Å². The highest BCUT2D eigenvalue weighted by molar-refractivity contribution is 4.74. The van der Waals surface area contributed by atoms with Crippen molar-refractivity contribution in [3.63, 3.8) is 0 Å². The average Bonchev–Trinajstić information content (AvgIpc) is 1.97. The minimum Gasteiger partial charge on any atom is -0.309 e. The van der Waals surface area contributed by atoms with Crippen LogP contribution in [0.25, 0.3) is 0 Å². The van der Waals surface area contributed by atoms with E-state index in [0.29, 0.717) is 5.92 Å². The molecule has 0 N–H and O–H groups in total. The fourth-order valence-electron chi connectivity index (χ4n) is 0.944. The molecule has 0 unspecified atom stereocenters. The van der Waals surface area contributed by atoms with Gasteiger partial charge in [-0.25, -0.2) is 0 Å². The van der Waals surface area contributed by atoms with E-state index >= 15 is 0 Å². The molecular formula is C9H19N3. The van der Waals surface area contributed by atoms with Gasteiger partial charge in [0.15, 0.2) is 6.19 Å². The van der Waals surface area contributed by atoms with Gasteiger partial charge >= 0.3 is 0 Å². The molecule has 0 saturated carbocycles. The number of hydrogen-bond acceptors (Lipinski definition) is 3. The number of likely N-dealkylation sites (N-methyl/N-ethyl adjacent to an activating group) is 1. The van der Waals surface area contributed by atoms with Crippen LogP contribution in [0.5, 0.6) is 0 Å². The second-order valence-corrected chi connectivity index (χ2v) is 3.74. The van der Waals surface area contributed by atoms with E-state index in [0.717, 1.165) is 19.6 Å². The summed E-state index contributed by atoms with van der Waals surface area (Å²) in [6, 6.07) is 0. The Morgan fingerprint density at radius 1 is 1.25 bits per heavy atom. The molecule has 70 valence electrons. The van der Waals surface area contributed by atoms with Crippen LogP contribution < -0.4 is 0 Å². The predicted molar refractivity (Wildman–Crippen MR) is 50.6 cm³/mol. The van der Waals surface area contributed by atoms with Gasteiger partial charge in [0.25, 0.3) is 0 Å². The highest BCUT2D eigenvalue weighted by Crippen LogP contribution is 1.96. The second-order valence-electron chi connectivity index (χ2n) is 3.74. The fourth-order valence-corrected chi connectivity index (χ4v) is 0.944. The van der Waals surface area contributed by atoms with E-state index in [1.807, 2.05) is 19.0 Å². The molecule has 0 saturated heterocycles. The SMILES string of the molecule is CC(C)CN(C#N)CCN(C)C. The predicted octanol–water partition coefficient (Wildman–Crippen LogP) is 0.987. The second kappa shape index (κ2) is 5.84. The number of nitrogens with zero attached hydrogens (tertiary/aromatic N) is 3. The number of hydrogen-bond donors (Lipinski definition) is 0. The van der Waals surface area contributed by atoms with Crippen molar-refractivity contribution in [1.82, 2.24) is 9.80 Å². The summed E-state index contributed by atoms with van der Waals surface area (Å²) in [4.78, 5) is 3.90. The van der Waals surface area contributed by atoms with E-state index in [9.17, 15) is 0 Å². The van der Waals surface area contributed by atoms with Gasteiger partial charge in [-0.05, 0) is 20.0 Å². The van der Waals surface area contributed by atoms with Crippen LogP contribution in [0.4, 0.5) is 0 Å². The van der Waals surface area contributed by atoms with E-state index in [2.05, 4.69) is 24.9 Å². The van der Waals surface area contributed by atoms with Crippen molar-refractivity contribution in [2.45, 2.75) is 13.8 Å². The van der Waals surface area contributed by atoms with E-state index in [-0.39, 0.29) is 0 Å². The molecule has 0 bridgehead atoms. The van der Waals surface area contributed by atoms with Gasteiger partial charge < -0.3 is 9.80 Å². The first-order valence-corrected chi connectivity index (χ1v) is 4.35. The number of nitriles is 1. The average molecular weight is 169 g/mol. The van der Waals surface area contributed by atoms with Crippen molar-refractivity contribution in [2.24, 2.45) is 5.92 Å². The molecule has 0 aliphatic carbocycles. The summed E-state index contributed by atoms with van der Waals surface area (Å²) in [6.45, 7) is 6.90. The maximum Gasteiger partial charge on any atom is 0.179 e. The van der Waals surface area contributed by atoms with Crippen LogP contribution in [0, 0.1) is 17.4 Å². The lowest BCUT2D eigenvalue weighted by atomic mass is 10.2. The molecule has 0 fully saturated rings. The maximum absolute atomic E-state index is 8.75. The molecule has 0 spiro atoms. The molecule has 0 aliphatic rings. The Morgan fingerprint density at radius 3 is 2.17 bits per heavy atom. The van der Waals surface area contributed by atoms with Crippen LogP contribution in [-0.2, 0) is 0 Å². The normalized spacial score (nSPS) is 10.4. The van der Waals surface area contributed by atoms with Crippen LogP contribution >= 0.6 is 0 Å². The molecule has 0 atom stereocenters. The van der Waals surface area contributed by atoms with Crippen molar-refractivity contribution in [3.05, 3.63) is 0 Å². The zero-order valence-corrected chi connectivity index (χ0v) is 8.54. The summed E-state index contributed by atoms with van der Waals surface area (Å²) >= 11 is 0. The molecule has 0 radical (unpaired) electrons. The lowest BCUT2D eigenvalue weighted by molar-refractivity contribution is 0.293. The third kappa shape index (κ3) is 5.99. The fraction of sp³-hybridized carbons (Fsp3) is 0.889. The third-order valence-corrected chi connectivity index (χ3v) is 1.54. The van der Waals surface area contributed by atoms with E-state index in [1.165, 1.54) is 0 Å². The Morgan fingerprint density at radius 2 is 1.83 bits per heavy atom. The van der Waals surface area contributed by atoms with E-state index < -0.39 is 0 Å². The molecule has 0 aliphatic heterocycles. The Kier molecular flexibility index (Phi) is 5.48. The first-order valence-electron chi connectivity index (χ1n) is 4.35. The molecule has 0 aromatic rings. The quantitative estimate of drug-likeness (QED) is 0.454. The monoisotopic (exact) mass is 169 g/mol. The highest BCUT2D eigenvalue weighted by atomic mass is 15.2. The molecule has 3 heteroatoms. The van der Waals surface area contributed by atoms with Gasteiger partial charge in [0.05, 0.1) is 0 Å². The first-order chi connectivity index (χ1) is 5.56. The standard InChI is InChI=1S/C9H19N3/c1-9(2)7-12(8-10)6-5-11(3)4/h9H,5-7H2,1-4H3. The molecular weight excluding hydrogens is 150 g/mol. The minimum absolute atomic E-state index is 0.562. The van der Waals surface area contributed by atoms with Gasteiger partial charge in [0, 0.05) is 19.6 Å². The van der Waals surface area contributed by atoms with Gasteiger partial charge in [-0.15, -0.1) is 0 Å². The van der Waals surface area contributed by atoms with Crippen molar-refractivity contribution in [2.75, 3.05) is 33.7 Å². The molecule has 0 heterocycles. The van der Waals surface area contributed by atoms with Crippen molar-refractivity contribution >= 4 is 0 Å². The van der Waals surface area contributed by atoms with Crippen molar-refractivity contribution < 1.29 is 0 Å². The largest absolute Gasteiger partial charge is 0.309 e. The Bertz CT molecular complexity index is 146. The molecule has 0 amide bonds. The van der Waals surface area contributed by atoms with Gasteiger partial charge in [0.2, 0.25) is 0 Å². The lowest BCUT2D eigenvalue weighted by Crippen LogP contribution is -2.30. The maximum atomic E-state index is 8.75. The van der Waals surface area contributed by atoms with E-state index in [4.69, 9.17) is 5.26 Å². The topological polar surface area (TPSA) is 30.3 Å². The Balaban J connectivity index is 3.63. The van der Waals surface area contributed by atoms with Gasteiger partial charge in [-0.2, -0.15) is 5.26 Å². The van der Waals surface area contributed by atoms with Crippen LogP contribution in [0.2, 0.25) is 0 Å². The molecule has 0 aromatic heterocycles. The molecule has 0 rings (SSSR count). The summed E-state index contributed by atoms with van der Waals surface area (Å²) in [5.41, 5.74) is 0. The van der Waals surface area contributed by atoms with Crippen LogP contribution in [-0.4, -0.2) is 43.5 Å². The number of rotatable bonds is 5. The summed E-state index contributed by atoms with van der Waals surface area (Å²) < 4.78 is 0. The Hall–Kier alpha value is -0.750. The highest BCUT2D eigenvalue weighted by Gasteiger charge is 2.04. The van der Waals surface area contributed by atoms with Crippen molar-refractivity contribution in [3.8, 4) is 6.19 Å². The van der Waals surface area contributed by atoms with Gasteiger partial charge in [0.1, 0.15) is 0 Å². The third-order valence-electron chi connectivity index (χ3n) is 1.54. The minimum atomic E-state index is 0.562. The summed E-state index contributed by atoms with van der Waals surface area (Å²) in [5, 5.41) is 8.75. The smallest absolute Gasteiger partial charge is 0.179 e. The first kappa shape index (κ1) is 11.2. The summed E-state index contributed by atoms with van der Waals surface area (Å²) in [6.07, 6.45) is 2.20. The zero-order valence-electron chi connectivity index (χ0n) is 8.54. The van der Waals surface area contributed by atoms with Gasteiger partial charge in [-0.1, -0.05) is 13.8 Å². The molecule has 0 aromatic carbocycles. The van der Waals surface area contributed by atoms with Crippen LogP contribution in [0.1, 0.15) is 13.8 Å². The summed E-state index contributed by atoms with van der Waals surface area (Å²) in [5.74, 6) is 0.562. The zero-order chi connectivity index (χ0) is 9.56. The molecule has 12 heavy (non-hydrogen) atoms. The van der Waals surface area contributed by atoms with Gasteiger partial charge in [-0.3, -0.25) is 0 Å². The van der Waals surface area contributed by atoms with E-state index in [1.54, 1.807) is 0 Å². The van der Waals surface area contributed by atoms with Crippen molar-refractivity contribution in [1.29, 1.82) is 5.26 Å². The van der Waals surface area contributed by atoms with Crippen LogP contribution in [0.3, 0.4) is 0 Å². The summed E-state index contributed by atoms with van der Waals surface area (Å²) in [7, 11) is 4.04. The lowest BCUT2D eigenvalue weighted by Gasteiger charge is -2.19. The molecule has 3 nitrogen and oxygen atoms in total.